The van der Waals surface area contributed by atoms with Crippen molar-refractivity contribution < 1.29 is 10.2 Å². The highest BCUT2D eigenvalue weighted by Crippen LogP contribution is 2.43. The number of aliphatic hydroxyl groups excluding tert-OH is 1. The van der Waals surface area contributed by atoms with Gasteiger partial charge in [-0.1, -0.05) is 48.5 Å². The minimum absolute atomic E-state index is 0.795. The Morgan fingerprint density at radius 1 is 0.913 bits per heavy atom. The fraction of sp³-hybridized carbons (Fsp3) is 0.143. The van der Waals surface area contributed by atoms with E-state index in [0.29, 0.717) is 0 Å². The van der Waals surface area contributed by atoms with Crippen LogP contribution in [0.25, 0.3) is 38.4 Å². The molecule has 2 nitrogen and oxygen atoms in total. The van der Waals surface area contributed by atoms with Gasteiger partial charge in [0.25, 0.3) is 0 Å². The Bertz CT molecular complexity index is 1090. The van der Waals surface area contributed by atoms with Gasteiger partial charge in [-0.15, -0.1) is 0 Å². The van der Waals surface area contributed by atoms with E-state index in [4.69, 9.17) is 0 Å². The molecule has 0 aromatic heterocycles. The zero-order chi connectivity index (χ0) is 15.8. The molecule has 2 atom stereocenters. The van der Waals surface area contributed by atoms with E-state index in [1.807, 2.05) is 12.1 Å². The van der Waals surface area contributed by atoms with Crippen LogP contribution in [0.1, 0.15) is 24.2 Å². The summed E-state index contributed by atoms with van der Waals surface area (Å²) >= 11 is 0. The molecular formula is C21H16O2. The quantitative estimate of drug-likeness (QED) is 0.473. The van der Waals surface area contributed by atoms with Crippen LogP contribution < -0.4 is 0 Å². The standard InChI is InChI=1S/C21H16O2/c1-21(23)10-9-15-16-8-7-13-4-2-3-12-5-6-14(19(16)18(12)13)11-17(15)20(21)22/h2-11,20,22-23H,1H3/t20-,21-/m0/s1. The van der Waals surface area contributed by atoms with Crippen LogP contribution in [0.4, 0.5) is 0 Å². The average Bonchev–Trinajstić information content (AvgIpc) is 2.56. The average molecular weight is 300 g/mol. The molecule has 112 valence electrons. The summed E-state index contributed by atoms with van der Waals surface area (Å²) in [5.41, 5.74) is 0.575. The van der Waals surface area contributed by atoms with Crippen LogP contribution >= 0.6 is 0 Å². The predicted octanol–water partition coefficient (Wildman–Crippen LogP) is 4.40. The summed E-state index contributed by atoms with van der Waals surface area (Å²) < 4.78 is 0. The second-order valence-electron chi connectivity index (χ2n) is 6.70. The van der Waals surface area contributed by atoms with Crippen LogP contribution in [-0.2, 0) is 0 Å². The maximum absolute atomic E-state index is 10.6. The molecule has 0 heterocycles. The number of fused-ring (bicyclic) bond motifs is 2. The summed E-state index contributed by atoms with van der Waals surface area (Å²) in [7, 11) is 0. The minimum Gasteiger partial charge on any atom is -0.385 e. The molecule has 0 fully saturated rings. The zero-order valence-electron chi connectivity index (χ0n) is 12.7. The molecule has 0 amide bonds. The summed E-state index contributed by atoms with van der Waals surface area (Å²) in [4.78, 5) is 0. The Labute approximate surface area is 133 Å². The lowest BCUT2D eigenvalue weighted by Gasteiger charge is -2.32. The van der Waals surface area contributed by atoms with Gasteiger partial charge in [0.05, 0.1) is 0 Å². The molecular weight excluding hydrogens is 284 g/mol. The first kappa shape index (κ1) is 13.1. The molecule has 0 unspecified atom stereocenters. The van der Waals surface area contributed by atoms with Crippen molar-refractivity contribution in [2.75, 3.05) is 0 Å². The van der Waals surface area contributed by atoms with Gasteiger partial charge in [-0.25, -0.2) is 0 Å². The summed E-state index contributed by atoms with van der Waals surface area (Å²) in [6.45, 7) is 1.64. The van der Waals surface area contributed by atoms with E-state index < -0.39 is 11.7 Å². The number of aliphatic hydroxyl groups is 2. The van der Waals surface area contributed by atoms with Crippen LogP contribution in [0.15, 0.2) is 54.6 Å². The minimum atomic E-state index is -1.23. The van der Waals surface area contributed by atoms with Crippen molar-refractivity contribution in [2.45, 2.75) is 18.6 Å². The largest absolute Gasteiger partial charge is 0.385 e. The Morgan fingerprint density at radius 2 is 1.61 bits per heavy atom. The van der Waals surface area contributed by atoms with Gasteiger partial charge in [0.2, 0.25) is 0 Å². The predicted molar refractivity (Wildman–Crippen MR) is 94.8 cm³/mol. The summed E-state index contributed by atoms with van der Waals surface area (Å²) in [6, 6.07) is 16.9. The normalized spacial score (nSPS) is 23.9. The van der Waals surface area contributed by atoms with E-state index in [1.165, 1.54) is 21.5 Å². The van der Waals surface area contributed by atoms with Crippen LogP contribution in [0, 0.1) is 0 Å². The van der Waals surface area contributed by atoms with Gasteiger partial charge in [0, 0.05) is 0 Å². The number of hydrogen-bond acceptors (Lipinski definition) is 2. The summed E-state index contributed by atoms with van der Waals surface area (Å²) in [5.74, 6) is 0. The van der Waals surface area contributed by atoms with E-state index in [-0.39, 0.29) is 0 Å². The molecule has 0 aliphatic heterocycles. The second kappa shape index (κ2) is 4.10. The van der Waals surface area contributed by atoms with Gasteiger partial charge in [-0.2, -0.15) is 0 Å². The Morgan fingerprint density at radius 3 is 2.39 bits per heavy atom. The van der Waals surface area contributed by atoms with E-state index >= 15 is 0 Å². The first-order valence-electron chi connectivity index (χ1n) is 7.86. The fourth-order valence-corrected chi connectivity index (χ4v) is 3.92. The van der Waals surface area contributed by atoms with E-state index in [0.717, 1.165) is 21.9 Å². The van der Waals surface area contributed by atoms with Crippen LogP contribution in [-0.4, -0.2) is 15.8 Å². The van der Waals surface area contributed by atoms with Gasteiger partial charge in [-0.3, -0.25) is 0 Å². The Balaban J connectivity index is 2.02. The first-order chi connectivity index (χ1) is 11.1. The highest BCUT2D eigenvalue weighted by Gasteiger charge is 2.34. The van der Waals surface area contributed by atoms with Gasteiger partial charge < -0.3 is 10.2 Å². The summed E-state index contributed by atoms with van der Waals surface area (Å²) in [5, 5.41) is 28.1. The van der Waals surface area contributed by atoms with Gasteiger partial charge >= 0.3 is 0 Å². The Kier molecular flexibility index (Phi) is 2.33. The number of benzene rings is 4. The second-order valence-corrected chi connectivity index (χ2v) is 6.70. The highest BCUT2D eigenvalue weighted by molar-refractivity contribution is 6.24. The third-order valence-corrected chi connectivity index (χ3v) is 5.16. The third kappa shape index (κ3) is 1.60. The van der Waals surface area contributed by atoms with Crippen molar-refractivity contribution in [1.82, 2.24) is 0 Å². The van der Waals surface area contributed by atoms with Crippen LogP contribution in [0.2, 0.25) is 0 Å². The Hall–Kier alpha value is -2.42. The lowest BCUT2D eigenvalue weighted by atomic mass is 9.80. The SMILES string of the molecule is C[C@]1(O)C=Cc2c(cc3ccc4cccc5ccc2c3c45)[C@@H]1O. The lowest BCUT2D eigenvalue weighted by Crippen LogP contribution is -2.32. The van der Waals surface area contributed by atoms with Crippen molar-refractivity contribution in [2.24, 2.45) is 0 Å². The lowest BCUT2D eigenvalue weighted by molar-refractivity contribution is -0.0287. The van der Waals surface area contributed by atoms with Crippen molar-refractivity contribution >= 4 is 38.4 Å². The maximum Gasteiger partial charge on any atom is 0.112 e. The molecule has 0 saturated carbocycles. The van der Waals surface area contributed by atoms with Crippen molar-refractivity contribution in [3.63, 3.8) is 0 Å². The fourth-order valence-electron chi connectivity index (χ4n) is 3.92. The third-order valence-electron chi connectivity index (χ3n) is 5.16. The van der Waals surface area contributed by atoms with Crippen LogP contribution in [0.3, 0.4) is 0 Å². The molecule has 2 heteroatoms. The zero-order valence-corrected chi connectivity index (χ0v) is 12.7. The molecule has 0 bridgehead atoms. The van der Waals surface area contributed by atoms with E-state index in [2.05, 4.69) is 42.5 Å². The smallest absolute Gasteiger partial charge is 0.112 e. The van der Waals surface area contributed by atoms with E-state index in [9.17, 15) is 10.2 Å². The molecule has 4 aromatic carbocycles. The van der Waals surface area contributed by atoms with Crippen LogP contribution in [0.5, 0.6) is 0 Å². The molecule has 23 heavy (non-hydrogen) atoms. The highest BCUT2D eigenvalue weighted by atomic mass is 16.3. The number of rotatable bonds is 0. The van der Waals surface area contributed by atoms with Gasteiger partial charge in [0.1, 0.15) is 11.7 Å². The van der Waals surface area contributed by atoms with Crippen molar-refractivity contribution in [3.8, 4) is 0 Å². The monoisotopic (exact) mass is 300 g/mol. The van der Waals surface area contributed by atoms with E-state index in [1.54, 1.807) is 13.0 Å². The molecule has 0 saturated heterocycles. The molecule has 4 aromatic rings. The maximum atomic E-state index is 10.6. The molecule has 0 spiro atoms. The first-order valence-corrected chi connectivity index (χ1v) is 7.86. The molecule has 5 rings (SSSR count). The van der Waals surface area contributed by atoms with Crippen molar-refractivity contribution in [3.05, 3.63) is 65.7 Å². The van der Waals surface area contributed by atoms with Crippen molar-refractivity contribution in [1.29, 1.82) is 0 Å². The van der Waals surface area contributed by atoms with Gasteiger partial charge in [-0.05, 0) is 62.5 Å². The number of hydrogen-bond donors (Lipinski definition) is 2. The molecule has 2 N–H and O–H groups in total. The molecule has 1 aliphatic carbocycles. The van der Waals surface area contributed by atoms with Gasteiger partial charge in [0.15, 0.2) is 0 Å². The summed E-state index contributed by atoms with van der Waals surface area (Å²) in [6.07, 6.45) is 2.72. The molecule has 1 aliphatic rings. The topological polar surface area (TPSA) is 40.5 Å². The molecule has 0 radical (unpaired) electrons.